The molecular formula is C22H33N5O. The summed E-state index contributed by atoms with van der Waals surface area (Å²) in [6.45, 7) is 5.41. The van der Waals surface area contributed by atoms with Crippen LogP contribution in [0.5, 0.6) is 0 Å². The van der Waals surface area contributed by atoms with Gasteiger partial charge in [-0.15, -0.1) is 0 Å². The van der Waals surface area contributed by atoms with Gasteiger partial charge < -0.3 is 15.4 Å². The maximum absolute atomic E-state index is 5.62. The lowest BCUT2D eigenvalue weighted by Crippen LogP contribution is -2.43. The highest BCUT2D eigenvalue weighted by Crippen LogP contribution is 2.40. The molecule has 0 bridgehead atoms. The fourth-order valence-electron chi connectivity index (χ4n) is 3.94. The second-order valence-electron chi connectivity index (χ2n) is 7.55. The van der Waals surface area contributed by atoms with Crippen molar-refractivity contribution >= 4 is 5.96 Å². The molecule has 1 aliphatic rings. The first kappa shape index (κ1) is 20.4. The first-order chi connectivity index (χ1) is 13.7. The summed E-state index contributed by atoms with van der Waals surface area (Å²) in [5, 5.41) is 11.2. The topological polar surface area (TPSA) is 63.5 Å². The van der Waals surface area contributed by atoms with Crippen LogP contribution in [0.1, 0.15) is 44.6 Å². The summed E-state index contributed by atoms with van der Waals surface area (Å²) >= 11 is 0. The van der Waals surface area contributed by atoms with Gasteiger partial charge in [0.1, 0.15) is 0 Å². The molecule has 0 unspecified atom stereocenters. The van der Waals surface area contributed by atoms with Crippen LogP contribution in [0.25, 0.3) is 5.69 Å². The van der Waals surface area contributed by atoms with Gasteiger partial charge in [-0.1, -0.05) is 25.0 Å². The average Bonchev–Trinajstić information content (AvgIpc) is 3.42. The monoisotopic (exact) mass is 383 g/mol. The van der Waals surface area contributed by atoms with E-state index in [-0.39, 0.29) is 0 Å². The minimum absolute atomic E-state index is 0.345. The number of aliphatic imine (C=N–C) groups is 1. The van der Waals surface area contributed by atoms with E-state index in [9.17, 15) is 0 Å². The van der Waals surface area contributed by atoms with Gasteiger partial charge in [-0.05, 0) is 55.4 Å². The van der Waals surface area contributed by atoms with Crippen LogP contribution in [0.4, 0.5) is 0 Å². The third kappa shape index (κ3) is 5.58. The third-order valence-electron chi connectivity index (χ3n) is 5.66. The van der Waals surface area contributed by atoms with Crippen molar-refractivity contribution in [2.75, 3.05) is 26.8 Å². The maximum atomic E-state index is 5.62. The average molecular weight is 384 g/mol. The lowest BCUT2D eigenvalue weighted by molar-refractivity contribution is 0.105. The van der Waals surface area contributed by atoms with Crippen molar-refractivity contribution in [1.29, 1.82) is 0 Å². The molecule has 1 aromatic heterocycles. The van der Waals surface area contributed by atoms with Gasteiger partial charge in [0.05, 0.1) is 5.69 Å². The summed E-state index contributed by atoms with van der Waals surface area (Å²) in [5.41, 5.74) is 2.62. The van der Waals surface area contributed by atoms with Crippen LogP contribution in [0, 0.1) is 5.41 Å². The molecule has 0 aliphatic heterocycles. The highest BCUT2D eigenvalue weighted by atomic mass is 16.5. The van der Waals surface area contributed by atoms with Crippen molar-refractivity contribution in [3.63, 3.8) is 0 Å². The van der Waals surface area contributed by atoms with Crippen LogP contribution in [0.15, 0.2) is 47.7 Å². The van der Waals surface area contributed by atoms with Gasteiger partial charge in [-0.25, -0.2) is 4.68 Å². The van der Waals surface area contributed by atoms with Crippen molar-refractivity contribution in [1.82, 2.24) is 20.4 Å². The number of aromatic nitrogens is 2. The van der Waals surface area contributed by atoms with Crippen LogP contribution >= 0.6 is 0 Å². The lowest BCUT2D eigenvalue weighted by atomic mass is 9.83. The zero-order valence-corrected chi connectivity index (χ0v) is 17.2. The summed E-state index contributed by atoms with van der Waals surface area (Å²) < 4.78 is 7.48. The number of nitrogens with zero attached hydrogens (tertiary/aromatic N) is 3. The second kappa shape index (κ2) is 10.3. The number of benzene rings is 1. The van der Waals surface area contributed by atoms with E-state index in [1.165, 1.54) is 31.2 Å². The Morgan fingerprint density at radius 2 is 2.00 bits per heavy atom. The predicted octanol–water partition coefficient (Wildman–Crippen LogP) is 3.52. The molecule has 152 valence electrons. The molecule has 1 saturated carbocycles. The van der Waals surface area contributed by atoms with Crippen molar-refractivity contribution in [3.05, 3.63) is 48.3 Å². The van der Waals surface area contributed by atoms with E-state index in [2.05, 4.69) is 51.9 Å². The van der Waals surface area contributed by atoms with E-state index in [4.69, 9.17) is 4.74 Å². The standard InChI is InChI=1S/C22H33N5O/c1-3-28-16-13-22(11-4-5-12-22)18-25-21(23-2)24-17-19-7-9-20(10-8-19)27-15-6-14-26-27/h6-10,14-15H,3-5,11-13,16-18H2,1-2H3,(H2,23,24,25). The number of hydrogen-bond acceptors (Lipinski definition) is 3. The van der Waals surface area contributed by atoms with Crippen LogP contribution in [-0.4, -0.2) is 42.5 Å². The highest BCUT2D eigenvalue weighted by molar-refractivity contribution is 5.79. The third-order valence-corrected chi connectivity index (χ3v) is 5.66. The highest BCUT2D eigenvalue weighted by Gasteiger charge is 2.33. The molecule has 6 nitrogen and oxygen atoms in total. The molecule has 1 aliphatic carbocycles. The zero-order valence-electron chi connectivity index (χ0n) is 17.2. The molecule has 0 amide bonds. The lowest BCUT2D eigenvalue weighted by Gasteiger charge is -2.30. The van der Waals surface area contributed by atoms with Crippen molar-refractivity contribution in [3.8, 4) is 5.69 Å². The second-order valence-corrected chi connectivity index (χ2v) is 7.55. The van der Waals surface area contributed by atoms with Gasteiger partial charge in [0, 0.05) is 45.7 Å². The molecule has 2 aromatic rings. The Labute approximate surface area is 168 Å². The van der Waals surface area contributed by atoms with E-state index in [0.29, 0.717) is 5.41 Å². The van der Waals surface area contributed by atoms with Gasteiger partial charge in [0.25, 0.3) is 0 Å². The van der Waals surface area contributed by atoms with Crippen LogP contribution < -0.4 is 10.6 Å². The van der Waals surface area contributed by atoms with Crippen LogP contribution in [0.3, 0.4) is 0 Å². The number of guanidine groups is 1. The number of hydrogen-bond donors (Lipinski definition) is 2. The SMILES string of the molecule is CCOCCC1(CNC(=NC)NCc2ccc(-n3cccn3)cc2)CCCC1. The van der Waals surface area contributed by atoms with Gasteiger partial charge in [-0.3, -0.25) is 4.99 Å². The maximum Gasteiger partial charge on any atom is 0.191 e. The summed E-state index contributed by atoms with van der Waals surface area (Å²) in [5.74, 6) is 0.860. The van der Waals surface area contributed by atoms with E-state index < -0.39 is 0 Å². The minimum Gasteiger partial charge on any atom is -0.382 e. The first-order valence-electron chi connectivity index (χ1n) is 10.4. The Balaban J connectivity index is 1.49. The Bertz CT molecular complexity index is 718. The molecule has 0 spiro atoms. The van der Waals surface area contributed by atoms with E-state index in [1.54, 1.807) is 6.20 Å². The van der Waals surface area contributed by atoms with Crippen molar-refractivity contribution < 1.29 is 4.74 Å². The summed E-state index contributed by atoms with van der Waals surface area (Å²) in [7, 11) is 1.83. The Morgan fingerprint density at radius 1 is 1.21 bits per heavy atom. The van der Waals surface area contributed by atoms with Gasteiger partial charge >= 0.3 is 0 Å². The summed E-state index contributed by atoms with van der Waals surface area (Å²) in [6.07, 6.45) is 10.1. The largest absolute Gasteiger partial charge is 0.382 e. The van der Waals surface area contributed by atoms with E-state index >= 15 is 0 Å². The van der Waals surface area contributed by atoms with E-state index in [1.807, 2.05) is 24.0 Å². The molecule has 6 heteroatoms. The van der Waals surface area contributed by atoms with Gasteiger partial charge in [0.15, 0.2) is 5.96 Å². The quantitative estimate of drug-likeness (QED) is 0.395. The minimum atomic E-state index is 0.345. The molecule has 1 fully saturated rings. The number of rotatable bonds is 9. The Kier molecular flexibility index (Phi) is 7.48. The van der Waals surface area contributed by atoms with Crippen LogP contribution in [-0.2, 0) is 11.3 Å². The Morgan fingerprint density at radius 3 is 2.64 bits per heavy atom. The fourth-order valence-corrected chi connectivity index (χ4v) is 3.94. The number of nitrogens with one attached hydrogen (secondary N) is 2. The van der Waals surface area contributed by atoms with Crippen molar-refractivity contribution in [2.45, 2.75) is 45.6 Å². The zero-order chi connectivity index (χ0) is 19.7. The Hall–Kier alpha value is -2.34. The predicted molar refractivity (Wildman–Crippen MR) is 114 cm³/mol. The molecule has 28 heavy (non-hydrogen) atoms. The van der Waals surface area contributed by atoms with Crippen LogP contribution in [0.2, 0.25) is 0 Å². The number of ether oxygens (including phenoxy) is 1. The fraction of sp³-hybridized carbons (Fsp3) is 0.545. The molecule has 1 aromatic carbocycles. The molecule has 0 atom stereocenters. The molecule has 0 saturated heterocycles. The molecule has 3 rings (SSSR count). The van der Waals surface area contributed by atoms with Gasteiger partial charge in [0.2, 0.25) is 0 Å². The molecular weight excluding hydrogens is 350 g/mol. The molecule has 1 heterocycles. The van der Waals surface area contributed by atoms with Crippen molar-refractivity contribution in [2.24, 2.45) is 10.4 Å². The smallest absolute Gasteiger partial charge is 0.191 e. The molecule has 0 radical (unpaired) electrons. The summed E-state index contributed by atoms with van der Waals surface area (Å²) in [4.78, 5) is 4.40. The molecule has 2 N–H and O–H groups in total. The first-order valence-corrected chi connectivity index (χ1v) is 10.4. The van der Waals surface area contributed by atoms with E-state index in [0.717, 1.165) is 44.4 Å². The summed E-state index contributed by atoms with van der Waals surface area (Å²) in [6, 6.07) is 10.3. The van der Waals surface area contributed by atoms with Gasteiger partial charge in [-0.2, -0.15) is 5.10 Å². The normalized spacial score (nSPS) is 16.3.